The van der Waals surface area contributed by atoms with Crippen LogP contribution in [0.15, 0.2) is 4.90 Å². The van der Waals surface area contributed by atoms with E-state index in [2.05, 4.69) is 18.6 Å². The molecular weight excluding hydrogens is 318 g/mol. The molecule has 1 rings (SSSR count). The largest absolute Gasteiger partial charge is 0.241 e. The fourth-order valence-electron chi connectivity index (χ4n) is 3.23. The van der Waals surface area contributed by atoms with Crippen LogP contribution in [0.1, 0.15) is 79.7 Å². The van der Waals surface area contributed by atoms with E-state index in [1.54, 1.807) is 0 Å². The van der Waals surface area contributed by atoms with Crippen LogP contribution in [-0.2, 0) is 10.0 Å². The summed E-state index contributed by atoms with van der Waals surface area (Å²) < 4.78 is 28.3. The van der Waals surface area contributed by atoms with E-state index in [0.717, 1.165) is 35.1 Å². The van der Waals surface area contributed by atoms with Gasteiger partial charge in [-0.15, -0.1) is 0 Å². The van der Waals surface area contributed by atoms with Gasteiger partial charge in [0.1, 0.15) is 0 Å². The molecule has 0 aliphatic carbocycles. The van der Waals surface area contributed by atoms with Crippen molar-refractivity contribution in [2.45, 2.75) is 91.4 Å². The van der Waals surface area contributed by atoms with Gasteiger partial charge in [-0.3, -0.25) is 0 Å². The highest BCUT2D eigenvalue weighted by Crippen LogP contribution is 2.29. The summed E-state index contributed by atoms with van der Waals surface area (Å²) in [5.74, 6) is 0. The van der Waals surface area contributed by atoms with E-state index in [1.807, 2.05) is 27.7 Å². The normalized spacial score (nSPS) is 11.9. The molecule has 1 aromatic rings. The number of hydrogen-bond donors (Lipinski definition) is 1. The second-order valence-electron chi connectivity index (χ2n) is 6.97. The third-order valence-electron chi connectivity index (χ3n) is 5.27. The molecule has 0 saturated carbocycles. The molecule has 4 heteroatoms. The average molecular weight is 354 g/mol. The first-order valence-corrected chi connectivity index (χ1v) is 10.8. The number of unbranched alkanes of at least 4 members (excludes halogenated alkanes) is 6. The standard InChI is InChI=1S/C20H35NO2S/c1-7-8-9-10-11-12-13-14-21-24(22,23)20-18(5)16(3)15(2)17(4)19(20)6/h21H,7-14H2,1-6H3. The minimum Gasteiger partial charge on any atom is -0.211 e. The van der Waals surface area contributed by atoms with E-state index in [0.29, 0.717) is 11.4 Å². The van der Waals surface area contributed by atoms with Crippen LogP contribution < -0.4 is 4.72 Å². The van der Waals surface area contributed by atoms with Gasteiger partial charge in [-0.1, -0.05) is 45.4 Å². The number of rotatable bonds is 10. The summed E-state index contributed by atoms with van der Waals surface area (Å²) in [6, 6.07) is 0. The molecule has 0 unspecified atom stereocenters. The molecule has 0 aliphatic heterocycles. The van der Waals surface area contributed by atoms with Crippen LogP contribution in [0, 0.1) is 34.6 Å². The first-order valence-electron chi connectivity index (χ1n) is 9.30. The number of nitrogens with one attached hydrogen (secondary N) is 1. The van der Waals surface area contributed by atoms with Gasteiger partial charge < -0.3 is 0 Å². The lowest BCUT2D eigenvalue weighted by Gasteiger charge is -2.19. The summed E-state index contributed by atoms with van der Waals surface area (Å²) in [4.78, 5) is 0.478. The Balaban J connectivity index is 2.67. The smallest absolute Gasteiger partial charge is 0.211 e. The van der Waals surface area contributed by atoms with Crippen molar-refractivity contribution in [2.24, 2.45) is 0 Å². The molecule has 3 nitrogen and oxygen atoms in total. The number of sulfonamides is 1. The van der Waals surface area contributed by atoms with Gasteiger partial charge in [0, 0.05) is 6.54 Å². The van der Waals surface area contributed by atoms with E-state index in [-0.39, 0.29) is 0 Å². The van der Waals surface area contributed by atoms with Crippen LogP contribution in [0.4, 0.5) is 0 Å². The van der Waals surface area contributed by atoms with Gasteiger partial charge in [0.25, 0.3) is 0 Å². The van der Waals surface area contributed by atoms with Crippen molar-refractivity contribution in [1.82, 2.24) is 4.72 Å². The Morgan fingerprint density at radius 3 is 1.58 bits per heavy atom. The van der Waals surface area contributed by atoms with Crippen molar-refractivity contribution in [2.75, 3.05) is 6.54 Å². The first-order chi connectivity index (χ1) is 11.2. The van der Waals surface area contributed by atoms with E-state index < -0.39 is 10.0 Å². The Labute approximate surface area is 149 Å². The Morgan fingerprint density at radius 1 is 0.667 bits per heavy atom. The Kier molecular flexibility index (Phi) is 8.44. The summed E-state index contributed by atoms with van der Waals surface area (Å²) in [6.45, 7) is 12.6. The van der Waals surface area contributed by atoms with Gasteiger partial charge >= 0.3 is 0 Å². The Morgan fingerprint density at radius 2 is 1.08 bits per heavy atom. The molecular formula is C20H35NO2S. The third kappa shape index (κ3) is 5.32. The van der Waals surface area contributed by atoms with Crippen LogP contribution in [0.5, 0.6) is 0 Å². The van der Waals surface area contributed by atoms with Crippen molar-refractivity contribution in [3.63, 3.8) is 0 Å². The molecule has 24 heavy (non-hydrogen) atoms. The summed E-state index contributed by atoms with van der Waals surface area (Å²) in [6.07, 6.45) is 8.31. The fourth-order valence-corrected chi connectivity index (χ4v) is 4.90. The van der Waals surface area contributed by atoms with Crippen LogP contribution in [0.3, 0.4) is 0 Å². The zero-order valence-electron chi connectivity index (χ0n) is 16.4. The quantitative estimate of drug-likeness (QED) is 0.583. The van der Waals surface area contributed by atoms with Gasteiger partial charge in [-0.05, 0) is 68.9 Å². The zero-order valence-corrected chi connectivity index (χ0v) is 17.2. The van der Waals surface area contributed by atoms with Crippen LogP contribution in [0.2, 0.25) is 0 Å². The predicted octanol–water partition coefficient (Wildman–Crippen LogP) is 5.26. The molecule has 0 heterocycles. The minimum atomic E-state index is -3.43. The molecule has 0 bridgehead atoms. The molecule has 1 N–H and O–H groups in total. The van der Waals surface area contributed by atoms with Crippen LogP contribution in [-0.4, -0.2) is 15.0 Å². The second kappa shape index (κ2) is 9.57. The van der Waals surface area contributed by atoms with Gasteiger partial charge in [-0.25, -0.2) is 13.1 Å². The summed E-state index contributed by atoms with van der Waals surface area (Å²) >= 11 is 0. The fraction of sp³-hybridized carbons (Fsp3) is 0.700. The molecule has 0 radical (unpaired) electrons. The lowest BCUT2D eigenvalue weighted by Crippen LogP contribution is -2.27. The maximum absolute atomic E-state index is 12.8. The van der Waals surface area contributed by atoms with Crippen molar-refractivity contribution in [3.8, 4) is 0 Å². The lowest BCUT2D eigenvalue weighted by molar-refractivity contribution is 0.562. The third-order valence-corrected chi connectivity index (χ3v) is 7.01. The molecule has 0 aliphatic rings. The van der Waals surface area contributed by atoms with E-state index in [4.69, 9.17) is 0 Å². The SMILES string of the molecule is CCCCCCCCCNS(=O)(=O)c1c(C)c(C)c(C)c(C)c1C. The van der Waals surface area contributed by atoms with Crippen LogP contribution in [0.25, 0.3) is 0 Å². The van der Waals surface area contributed by atoms with Crippen molar-refractivity contribution >= 4 is 10.0 Å². The summed E-state index contributed by atoms with van der Waals surface area (Å²) in [5.41, 5.74) is 5.10. The molecule has 0 atom stereocenters. The Bertz CT molecular complexity index is 619. The molecule has 0 spiro atoms. The molecule has 0 amide bonds. The lowest BCUT2D eigenvalue weighted by atomic mass is 9.95. The summed E-state index contributed by atoms with van der Waals surface area (Å²) in [5, 5.41) is 0. The van der Waals surface area contributed by atoms with E-state index in [1.165, 1.54) is 37.7 Å². The molecule has 1 aromatic carbocycles. The van der Waals surface area contributed by atoms with Crippen molar-refractivity contribution in [3.05, 3.63) is 27.8 Å². The monoisotopic (exact) mass is 353 g/mol. The first kappa shape index (κ1) is 21.2. The van der Waals surface area contributed by atoms with Gasteiger partial charge in [0.05, 0.1) is 4.90 Å². The van der Waals surface area contributed by atoms with E-state index in [9.17, 15) is 8.42 Å². The highest BCUT2D eigenvalue weighted by molar-refractivity contribution is 7.89. The van der Waals surface area contributed by atoms with E-state index >= 15 is 0 Å². The average Bonchev–Trinajstić information content (AvgIpc) is 2.53. The molecule has 138 valence electrons. The number of benzene rings is 1. The highest BCUT2D eigenvalue weighted by Gasteiger charge is 2.22. The predicted molar refractivity (Wildman–Crippen MR) is 103 cm³/mol. The zero-order chi connectivity index (χ0) is 18.3. The van der Waals surface area contributed by atoms with Gasteiger partial charge in [0.2, 0.25) is 10.0 Å². The van der Waals surface area contributed by atoms with Gasteiger partial charge in [-0.2, -0.15) is 0 Å². The molecule has 0 fully saturated rings. The number of hydrogen-bond acceptors (Lipinski definition) is 2. The Hall–Kier alpha value is -0.870. The minimum absolute atomic E-state index is 0.478. The topological polar surface area (TPSA) is 46.2 Å². The maximum atomic E-state index is 12.8. The van der Waals surface area contributed by atoms with Gasteiger partial charge in [0.15, 0.2) is 0 Å². The second-order valence-corrected chi connectivity index (χ2v) is 8.68. The van der Waals surface area contributed by atoms with Crippen LogP contribution >= 0.6 is 0 Å². The molecule has 0 saturated heterocycles. The van der Waals surface area contributed by atoms with Crippen molar-refractivity contribution in [1.29, 1.82) is 0 Å². The summed E-state index contributed by atoms with van der Waals surface area (Å²) in [7, 11) is -3.43. The molecule has 0 aromatic heterocycles. The van der Waals surface area contributed by atoms with Crippen molar-refractivity contribution < 1.29 is 8.42 Å². The highest BCUT2D eigenvalue weighted by atomic mass is 32.2. The maximum Gasteiger partial charge on any atom is 0.241 e.